The van der Waals surface area contributed by atoms with Crippen LogP contribution in [-0.4, -0.2) is 16.6 Å². The number of hydrogen-bond acceptors (Lipinski definition) is 3. The highest BCUT2D eigenvalue weighted by molar-refractivity contribution is 9.10. The molecule has 0 aliphatic carbocycles. The number of aromatic nitrogens is 1. The molecule has 0 spiro atoms. The van der Waals surface area contributed by atoms with Crippen LogP contribution < -0.4 is 5.43 Å². The van der Waals surface area contributed by atoms with Gasteiger partial charge in [0.05, 0.1) is 0 Å². The lowest BCUT2D eigenvalue weighted by molar-refractivity contribution is 0.0949. The summed E-state index contributed by atoms with van der Waals surface area (Å²) in [5.74, 6) is -0.282. The molecule has 1 N–H and O–H groups in total. The van der Waals surface area contributed by atoms with E-state index < -0.39 is 0 Å². The molecule has 0 radical (unpaired) electrons. The standard InChI is InChI=1S/C17H18BrN3O/c1-2-15(11-8-13-6-9-14(18)10-7-13)20-21-17(22)16-5-3-4-12-19-16/h3-7,9-10,12H,2,8,11H2,1H3,(H,21,22)/b20-15+. The number of carbonyl (C=O) groups is 1. The number of hydrogen-bond donors (Lipinski definition) is 1. The molecule has 0 aliphatic heterocycles. The summed E-state index contributed by atoms with van der Waals surface area (Å²) < 4.78 is 1.07. The Morgan fingerprint density at radius 2 is 2.00 bits per heavy atom. The van der Waals surface area contributed by atoms with Crippen molar-refractivity contribution >= 4 is 27.5 Å². The molecule has 0 atom stereocenters. The van der Waals surface area contributed by atoms with E-state index in [1.54, 1.807) is 24.4 Å². The number of hydrazone groups is 1. The van der Waals surface area contributed by atoms with Crippen LogP contribution >= 0.6 is 15.9 Å². The monoisotopic (exact) mass is 359 g/mol. The molecular formula is C17H18BrN3O. The summed E-state index contributed by atoms with van der Waals surface area (Å²) in [7, 11) is 0. The lowest BCUT2D eigenvalue weighted by Gasteiger charge is -2.05. The van der Waals surface area contributed by atoms with Crippen LogP contribution in [-0.2, 0) is 6.42 Å². The molecule has 22 heavy (non-hydrogen) atoms. The predicted molar refractivity (Wildman–Crippen MR) is 91.9 cm³/mol. The smallest absolute Gasteiger partial charge is 0.266 e. The summed E-state index contributed by atoms with van der Waals surface area (Å²) in [6.45, 7) is 2.04. The van der Waals surface area contributed by atoms with Crippen LogP contribution in [0, 0.1) is 0 Å². The van der Waals surface area contributed by atoms with Gasteiger partial charge in [-0.2, -0.15) is 5.10 Å². The van der Waals surface area contributed by atoms with Crippen molar-refractivity contribution < 1.29 is 4.79 Å². The van der Waals surface area contributed by atoms with Crippen molar-refractivity contribution in [1.82, 2.24) is 10.4 Å². The van der Waals surface area contributed by atoms with Crippen LogP contribution in [0.4, 0.5) is 0 Å². The Bertz CT molecular complexity index is 639. The summed E-state index contributed by atoms with van der Waals surface area (Å²) in [4.78, 5) is 15.9. The highest BCUT2D eigenvalue weighted by Crippen LogP contribution is 2.12. The minimum absolute atomic E-state index is 0.282. The molecule has 2 aromatic rings. The van der Waals surface area contributed by atoms with Gasteiger partial charge in [-0.3, -0.25) is 9.78 Å². The summed E-state index contributed by atoms with van der Waals surface area (Å²) in [5, 5.41) is 4.22. The quantitative estimate of drug-likeness (QED) is 0.626. The minimum atomic E-state index is -0.282. The Balaban J connectivity index is 1.90. The fourth-order valence-electron chi connectivity index (χ4n) is 1.94. The third-order valence-corrected chi connectivity index (χ3v) is 3.77. The topological polar surface area (TPSA) is 54.4 Å². The van der Waals surface area contributed by atoms with Crippen molar-refractivity contribution in [3.05, 3.63) is 64.4 Å². The number of rotatable bonds is 6. The Hall–Kier alpha value is -2.01. The SMILES string of the molecule is CC/C(CCc1ccc(Br)cc1)=N\NC(=O)c1ccccn1. The van der Waals surface area contributed by atoms with Gasteiger partial charge in [0.25, 0.3) is 5.91 Å². The first-order valence-electron chi connectivity index (χ1n) is 7.20. The van der Waals surface area contributed by atoms with Gasteiger partial charge in [-0.05, 0) is 49.1 Å². The molecule has 1 aromatic carbocycles. The summed E-state index contributed by atoms with van der Waals surface area (Å²) >= 11 is 3.42. The van der Waals surface area contributed by atoms with Crippen LogP contribution in [0.1, 0.15) is 35.8 Å². The first-order chi connectivity index (χ1) is 10.7. The van der Waals surface area contributed by atoms with E-state index in [1.807, 2.05) is 19.1 Å². The lowest BCUT2D eigenvalue weighted by Crippen LogP contribution is -2.20. The van der Waals surface area contributed by atoms with Gasteiger partial charge in [-0.1, -0.05) is 41.1 Å². The van der Waals surface area contributed by atoms with Gasteiger partial charge in [0.2, 0.25) is 0 Å². The van der Waals surface area contributed by atoms with Crippen molar-refractivity contribution in [3.63, 3.8) is 0 Å². The zero-order valence-electron chi connectivity index (χ0n) is 12.4. The molecule has 1 amide bonds. The maximum absolute atomic E-state index is 11.9. The molecular weight excluding hydrogens is 342 g/mol. The second-order valence-electron chi connectivity index (χ2n) is 4.81. The van der Waals surface area contributed by atoms with E-state index in [4.69, 9.17) is 0 Å². The zero-order valence-corrected chi connectivity index (χ0v) is 14.0. The fourth-order valence-corrected chi connectivity index (χ4v) is 2.20. The second kappa shape index (κ2) is 8.44. The van der Waals surface area contributed by atoms with Gasteiger partial charge in [-0.25, -0.2) is 5.43 Å². The number of halogens is 1. The number of amides is 1. The molecule has 1 heterocycles. The molecule has 1 aromatic heterocycles. The molecule has 2 rings (SSSR count). The predicted octanol–water partition coefficient (Wildman–Crippen LogP) is 3.97. The van der Waals surface area contributed by atoms with Crippen molar-refractivity contribution in [3.8, 4) is 0 Å². The van der Waals surface area contributed by atoms with Crippen LogP contribution in [0.25, 0.3) is 0 Å². The molecule has 114 valence electrons. The molecule has 0 bridgehead atoms. The molecule has 4 nitrogen and oxygen atoms in total. The van der Waals surface area contributed by atoms with E-state index in [1.165, 1.54) is 5.56 Å². The van der Waals surface area contributed by atoms with Crippen molar-refractivity contribution in [2.24, 2.45) is 5.10 Å². The maximum Gasteiger partial charge on any atom is 0.289 e. The van der Waals surface area contributed by atoms with Gasteiger partial charge in [0.1, 0.15) is 5.69 Å². The lowest BCUT2D eigenvalue weighted by atomic mass is 10.1. The first kappa shape index (κ1) is 16.4. The summed E-state index contributed by atoms with van der Waals surface area (Å²) in [6.07, 6.45) is 4.12. The van der Waals surface area contributed by atoms with E-state index >= 15 is 0 Å². The van der Waals surface area contributed by atoms with E-state index in [0.717, 1.165) is 29.4 Å². The van der Waals surface area contributed by atoms with Crippen molar-refractivity contribution in [1.29, 1.82) is 0 Å². The van der Waals surface area contributed by atoms with Crippen LogP contribution in [0.5, 0.6) is 0 Å². The Morgan fingerprint density at radius 1 is 1.23 bits per heavy atom. The normalized spacial score (nSPS) is 11.3. The first-order valence-corrected chi connectivity index (χ1v) is 7.99. The Labute approximate surface area is 138 Å². The number of nitrogens with zero attached hydrogens (tertiary/aromatic N) is 2. The van der Waals surface area contributed by atoms with E-state index in [2.05, 4.69) is 43.6 Å². The van der Waals surface area contributed by atoms with Crippen molar-refractivity contribution in [2.75, 3.05) is 0 Å². The van der Waals surface area contributed by atoms with Crippen LogP contribution in [0.2, 0.25) is 0 Å². The van der Waals surface area contributed by atoms with E-state index in [-0.39, 0.29) is 5.91 Å². The van der Waals surface area contributed by atoms with Crippen molar-refractivity contribution in [2.45, 2.75) is 26.2 Å². The average molecular weight is 360 g/mol. The number of aryl methyl sites for hydroxylation is 1. The van der Waals surface area contributed by atoms with Crippen LogP contribution in [0.15, 0.2) is 58.2 Å². The number of benzene rings is 1. The summed E-state index contributed by atoms with van der Waals surface area (Å²) in [6, 6.07) is 13.4. The fraction of sp³-hybridized carbons (Fsp3) is 0.235. The molecule has 0 aliphatic rings. The number of pyridine rings is 1. The Morgan fingerprint density at radius 3 is 2.64 bits per heavy atom. The zero-order chi connectivity index (χ0) is 15.8. The molecule has 0 fully saturated rings. The highest BCUT2D eigenvalue weighted by atomic mass is 79.9. The number of carbonyl (C=O) groups excluding carboxylic acids is 1. The Kier molecular flexibility index (Phi) is 6.27. The van der Waals surface area contributed by atoms with E-state index in [9.17, 15) is 4.79 Å². The molecule has 5 heteroatoms. The van der Waals surface area contributed by atoms with Gasteiger partial charge < -0.3 is 0 Å². The van der Waals surface area contributed by atoms with Gasteiger partial charge in [-0.15, -0.1) is 0 Å². The molecule has 0 saturated heterocycles. The maximum atomic E-state index is 11.9. The third kappa shape index (κ3) is 5.07. The largest absolute Gasteiger partial charge is 0.289 e. The molecule has 0 saturated carbocycles. The van der Waals surface area contributed by atoms with E-state index in [0.29, 0.717) is 5.69 Å². The minimum Gasteiger partial charge on any atom is -0.266 e. The van der Waals surface area contributed by atoms with Gasteiger partial charge in [0, 0.05) is 16.4 Å². The number of nitrogens with one attached hydrogen (secondary N) is 1. The van der Waals surface area contributed by atoms with Gasteiger partial charge >= 0.3 is 0 Å². The van der Waals surface area contributed by atoms with Crippen LogP contribution in [0.3, 0.4) is 0 Å². The third-order valence-electron chi connectivity index (χ3n) is 3.24. The second-order valence-corrected chi connectivity index (χ2v) is 5.73. The molecule has 0 unspecified atom stereocenters. The highest BCUT2D eigenvalue weighted by Gasteiger charge is 2.05. The average Bonchev–Trinajstić information content (AvgIpc) is 2.57. The van der Waals surface area contributed by atoms with Gasteiger partial charge in [0.15, 0.2) is 0 Å². The summed E-state index contributed by atoms with van der Waals surface area (Å²) in [5.41, 5.74) is 5.16.